The van der Waals surface area contributed by atoms with Crippen LogP contribution in [0.15, 0.2) is 22.7 Å². The zero-order valence-electron chi connectivity index (χ0n) is 11.2. The molecule has 0 unspecified atom stereocenters. The summed E-state index contributed by atoms with van der Waals surface area (Å²) in [6.07, 6.45) is 6.41. The maximum Gasteiger partial charge on any atom is 0.338 e. The monoisotopic (exact) mass is 325 g/mol. The van der Waals surface area contributed by atoms with Crippen LogP contribution in [0.1, 0.15) is 49.4 Å². The summed E-state index contributed by atoms with van der Waals surface area (Å²) < 4.78 is 5.91. The zero-order chi connectivity index (χ0) is 13.7. The van der Waals surface area contributed by atoms with E-state index < -0.39 is 0 Å². The molecule has 0 atom stereocenters. The van der Waals surface area contributed by atoms with Gasteiger partial charge in [-0.05, 0) is 53.9 Å². The molecule has 0 bridgehead atoms. The molecule has 0 radical (unpaired) electrons. The lowest BCUT2D eigenvalue weighted by molar-refractivity contribution is 0.0526. The molecule has 1 aliphatic carbocycles. The van der Waals surface area contributed by atoms with Crippen LogP contribution in [0.4, 0.5) is 5.69 Å². The average Bonchev–Trinajstić information content (AvgIpc) is 2.42. The summed E-state index contributed by atoms with van der Waals surface area (Å²) in [5.41, 5.74) is 1.64. The second kappa shape index (κ2) is 6.94. The summed E-state index contributed by atoms with van der Waals surface area (Å²) in [5.74, 6) is -0.271. The highest BCUT2D eigenvalue weighted by atomic mass is 79.9. The van der Waals surface area contributed by atoms with Crippen molar-refractivity contribution < 1.29 is 9.53 Å². The fourth-order valence-corrected chi connectivity index (χ4v) is 2.93. The Morgan fingerprint density at radius 1 is 1.37 bits per heavy atom. The molecule has 19 heavy (non-hydrogen) atoms. The first-order valence-corrected chi connectivity index (χ1v) is 7.73. The number of halogens is 1. The number of rotatable bonds is 4. The Kier molecular flexibility index (Phi) is 5.25. The summed E-state index contributed by atoms with van der Waals surface area (Å²) in [5, 5.41) is 3.55. The smallest absolute Gasteiger partial charge is 0.338 e. The van der Waals surface area contributed by atoms with Crippen LogP contribution in [0.25, 0.3) is 0 Å². The highest BCUT2D eigenvalue weighted by Gasteiger charge is 2.15. The molecule has 3 nitrogen and oxygen atoms in total. The van der Waals surface area contributed by atoms with Crippen molar-refractivity contribution >= 4 is 27.6 Å². The van der Waals surface area contributed by atoms with Gasteiger partial charge in [0.25, 0.3) is 0 Å². The summed E-state index contributed by atoms with van der Waals surface area (Å²) in [4.78, 5) is 11.6. The van der Waals surface area contributed by atoms with Gasteiger partial charge in [-0.2, -0.15) is 0 Å². The van der Waals surface area contributed by atoms with Gasteiger partial charge in [0, 0.05) is 16.2 Å². The van der Waals surface area contributed by atoms with Gasteiger partial charge in [0.2, 0.25) is 0 Å². The number of hydrogen-bond donors (Lipinski definition) is 1. The molecule has 0 spiro atoms. The highest BCUT2D eigenvalue weighted by Crippen LogP contribution is 2.28. The van der Waals surface area contributed by atoms with Crippen LogP contribution in [0.3, 0.4) is 0 Å². The minimum absolute atomic E-state index is 0.271. The van der Waals surface area contributed by atoms with Gasteiger partial charge in [-0.3, -0.25) is 0 Å². The normalized spacial score (nSPS) is 16.1. The maximum absolute atomic E-state index is 11.6. The first-order chi connectivity index (χ1) is 9.20. The van der Waals surface area contributed by atoms with Crippen LogP contribution in [-0.4, -0.2) is 18.6 Å². The van der Waals surface area contributed by atoms with E-state index in [9.17, 15) is 4.79 Å². The van der Waals surface area contributed by atoms with E-state index in [0.29, 0.717) is 18.2 Å². The van der Waals surface area contributed by atoms with Crippen molar-refractivity contribution in [1.82, 2.24) is 0 Å². The lowest BCUT2D eigenvalue weighted by Crippen LogP contribution is -2.22. The van der Waals surface area contributed by atoms with Crippen LogP contribution in [0.5, 0.6) is 0 Å². The molecule has 1 fully saturated rings. The number of esters is 1. The predicted octanol–water partition coefficient (Wildman–Crippen LogP) is 4.37. The van der Waals surface area contributed by atoms with Crippen LogP contribution in [-0.2, 0) is 4.74 Å². The molecule has 0 aromatic heterocycles. The predicted molar refractivity (Wildman–Crippen MR) is 80.6 cm³/mol. The fourth-order valence-electron chi connectivity index (χ4n) is 2.44. The quantitative estimate of drug-likeness (QED) is 0.835. The summed E-state index contributed by atoms with van der Waals surface area (Å²) in [6.45, 7) is 2.21. The molecule has 1 aromatic rings. The van der Waals surface area contributed by atoms with Crippen molar-refractivity contribution in [2.75, 3.05) is 11.9 Å². The lowest BCUT2D eigenvalue weighted by atomic mass is 9.95. The van der Waals surface area contributed by atoms with E-state index in [1.165, 1.54) is 32.1 Å². The number of nitrogens with one attached hydrogen (secondary N) is 1. The maximum atomic E-state index is 11.6. The number of hydrogen-bond acceptors (Lipinski definition) is 3. The Balaban J connectivity index is 2.04. The molecule has 104 valence electrons. The van der Waals surface area contributed by atoms with Crippen LogP contribution < -0.4 is 5.32 Å². The van der Waals surface area contributed by atoms with Crippen molar-refractivity contribution in [3.05, 3.63) is 28.2 Å². The van der Waals surface area contributed by atoms with Crippen molar-refractivity contribution in [3.8, 4) is 0 Å². The van der Waals surface area contributed by atoms with Gasteiger partial charge in [0.1, 0.15) is 0 Å². The standard InChI is InChI=1S/C15H20BrNO2/c1-2-19-15(18)11-8-9-14(13(16)10-11)17-12-6-4-3-5-7-12/h8-10,12,17H,2-7H2,1H3. The van der Waals surface area contributed by atoms with Gasteiger partial charge in [0.05, 0.1) is 12.2 Å². The Labute approximate surface area is 122 Å². The van der Waals surface area contributed by atoms with E-state index in [1.807, 2.05) is 25.1 Å². The van der Waals surface area contributed by atoms with E-state index in [4.69, 9.17) is 4.74 Å². The summed E-state index contributed by atoms with van der Waals surface area (Å²) >= 11 is 3.52. The van der Waals surface area contributed by atoms with E-state index >= 15 is 0 Å². The van der Waals surface area contributed by atoms with E-state index in [1.54, 1.807) is 0 Å². The minimum atomic E-state index is -0.271. The Hall–Kier alpha value is -1.03. The molecule has 1 aromatic carbocycles. The zero-order valence-corrected chi connectivity index (χ0v) is 12.8. The molecule has 0 heterocycles. The number of ether oxygens (including phenoxy) is 1. The van der Waals surface area contributed by atoms with Crippen LogP contribution in [0.2, 0.25) is 0 Å². The third-order valence-corrected chi connectivity index (χ3v) is 4.10. The van der Waals surface area contributed by atoms with Crippen molar-refractivity contribution in [3.63, 3.8) is 0 Å². The second-order valence-electron chi connectivity index (χ2n) is 4.89. The minimum Gasteiger partial charge on any atom is -0.462 e. The number of anilines is 1. The SMILES string of the molecule is CCOC(=O)c1ccc(NC2CCCCC2)c(Br)c1. The van der Waals surface area contributed by atoms with Gasteiger partial charge < -0.3 is 10.1 Å². The summed E-state index contributed by atoms with van der Waals surface area (Å²) in [7, 11) is 0. The molecular weight excluding hydrogens is 306 g/mol. The van der Waals surface area contributed by atoms with Gasteiger partial charge >= 0.3 is 5.97 Å². The van der Waals surface area contributed by atoms with Crippen LogP contribution in [0, 0.1) is 0 Å². The summed E-state index contributed by atoms with van der Waals surface area (Å²) in [6, 6.07) is 6.14. The molecule has 1 N–H and O–H groups in total. The van der Waals surface area contributed by atoms with Gasteiger partial charge in [-0.15, -0.1) is 0 Å². The third kappa shape index (κ3) is 3.96. The molecule has 0 amide bonds. The molecule has 0 saturated heterocycles. The molecule has 1 saturated carbocycles. The van der Waals surface area contributed by atoms with E-state index in [0.717, 1.165) is 10.2 Å². The average molecular weight is 326 g/mol. The van der Waals surface area contributed by atoms with Gasteiger partial charge in [-0.25, -0.2) is 4.79 Å². The van der Waals surface area contributed by atoms with Crippen molar-refractivity contribution in [2.45, 2.75) is 45.1 Å². The second-order valence-corrected chi connectivity index (χ2v) is 5.75. The topological polar surface area (TPSA) is 38.3 Å². The van der Waals surface area contributed by atoms with E-state index in [-0.39, 0.29) is 5.97 Å². The van der Waals surface area contributed by atoms with Crippen LogP contribution >= 0.6 is 15.9 Å². The Morgan fingerprint density at radius 3 is 2.74 bits per heavy atom. The van der Waals surface area contributed by atoms with Crippen molar-refractivity contribution in [1.29, 1.82) is 0 Å². The molecule has 2 rings (SSSR count). The first-order valence-electron chi connectivity index (χ1n) is 6.94. The number of carbonyl (C=O) groups excluding carboxylic acids is 1. The van der Waals surface area contributed by atoms with Gasteiger partial charge in [0.15, 0.2) is 0 Å². The molecular formula is C15H20BrNO2. The fraction of sp³-hybridized carbons (Fsp3) is 0.533. The largest absolute Gasteiger partial charge is 0.462 e. The Bertz CT molecular complexity index is 442. The lowest BCUT2D eigenvalue weighted by Gasteiger charge is -2.24. The number of carbonyl (C=O) groups is 1. The van der Waals surface area contributed by atoms with Crippen molar-refractivity contribution in [2.24, 2.45) is 0 Å². The third-order valence-electron chi connectivity index (χ3n) is 3.45. The highest BCUT2D eigenvalue weighted by molar-refractivity contribution is 9.10. The van der Waals surface area contributed by atoms with E-state index in [2.05, 4.69) is 21.2 Å². The molecule has 1 aliphatic rings. The Morgan fingerprint density at radius 2 is 2.11 bits per heavy atom. The molecule has 0 aliphatic heterocycles. The first kappa shape index (κ1) is 14.4. The van der Waals surface area contributed by atoms with Gasteiger partial charge in [-0.1, -0.05) is 19.3 Å². The molecule has 4 heteroatoms. The number of benzene rings is 1.